The molecule has 2 fully saturated rings. The van der Waals surface area contributed by atoms with Crippen LogP contribution < -0.4 is 10.1 Å². The number of carbonyl (C=O) groups is 3. The molecular weight excluding hydrogens is 370 g/mol. The molecule has 1 amide bonds. The Morgan fingerprint density at radius 1 is 1.07 bits per heavy atom. The normalized spacial score (nSPS) is 20.5. The van der Waals surface area contributed by atoms with Crippen LogP contribution in [0.5, 0.6) is 5.75 Å². The van der Waals surface area contributed by atoms with Gasteiger partial charge in [0.25, 0.3) is 0 Å². The van der Waals surface area contributed by atoms with E-state index in [9.17, 15) is 19.5 Å². The van der Waals surface area contributed by atoms with Crippen LogP contribution in [-0.2, 0) is 14.4 Å². The number of ketones is 1. The maximum Gasteiger partial charge on any atom is 0.352 e. The lowest BCUT2D eigenvalue weighted by molar-refractivity contribution is -0.134. The molecule has 1 aromatic rings. The van der Waals surface area contributed by atoms with E-state index in [1.54, 1.807) is 24.3 Å². The Hall–Kier alpha value is -2.63. The first-order valence-corrected chi connectivity index (χ1v) is 10.6. The highest BCUT2D eigenvalue weighted by Gasteiger charge is 2.23. The number of amides is 1. The first-order valence-electron chi connectivity index (χ1n) is 10.6. The Morgan fingerprint density at radius 3 is 2.41 bits per heavy atom. The number of aliphatic carboxylic acids is 1. The van der Waals surface area contributed by atoms with Crippen molar-refractivity contribution < 1.29 is 24.2 Å². The number of carboxylic acids is 1. The molecule has 2 N–H and O–H groups in total. The van der Waals surface area contributed by atoms with Crippen LogP contribution >= 0.6 is 0 Å². The molecule has 0 aromatic heterocycles. The van der Waals surface area contributed by atoms with Gasteiger partial charge in [0, 0.05) is 12.8 Å². The second kappa shape index (κ2) is 10.2. The van der Waals surface area contributed by atoms with Crippen LogP contribution in [0.2, 0.25) is 0 Å². The fourth-order valence-corrected chi connectivity index (χ4v) is 4.05. The molecule has 6 heteroatoms. The van der Waals surface area contributed by atoms with Gasteiger partial charge < -0.3 is 15.2 Å². The summed E-state index contributed by atoms with van der Waals surface area (Å²) >= 11 is 0. The zero-order chi connectivity index (χ0) is 20.6. The van der Waals surface area contributed by atoms with E-state index < -0.39 is 5.97 Å². The fourth-order valence-electron chi connectivity index (χ4n) is 4.05. The topological polar surface area (TPSA) is 92.7 Å². The van der Waals surface area contributed by atoms with E-state index in [4.69, 9.17) is 4.74 Å². The lowest BCUT2D eigenvalue weighted by Crippen LogP contribution is -2.30. The number of nitrogens with one attached hydrogen (secondary N) is 1. The van der Waals surface area contributed by atoms with Gasteiger partial charge in [-0.1, -0.05) is 37.8 Å². The third-order valence-electron chi connectivity index (χ3n) is 5.73. The Labute approximate surface area is 171 Å². The lowest BCUT2D eigenvalue weighted by Gasteiger charge is -2.21. The Morgan fingerprint density at radius 2 is 1.76 bits per heavy atom. The van der Waals surface area contributed by atoms with Crippen molar-refractivity contribution in [3.05, 3.63) is 35.5 Å². The van der Waals surface area contributed by atoms with Crippen molar-refractivity contribution in [2.75, 3.05) is 0 Å². The average molecular weight is 399 g/mol. The predicted molar refractivity (Wildman–Crippen MR) is 109 cm³/mol. The highest BCUT2D eigenvalue weighted by molar-refractivity contribution is 5.96. The van der Waals surface area contributed by atoms with Crippen molar-refractivity contribution in [3.8, 4) is 5.75 Å². The minimum atomic E-state index is -1.17. The number of hydrogen-bond donors (Lipinski definition) is 2. The quantitative estimate of drug-likeness (QED) is 0.642. The smallest absolute Gasteiger partial charge is 0.352 e. The Bertz CT molecular complexity index is 762. The number of Topliss-reactive ketones (excluding diaryl/α,β-unsaturated/α-hetero) is 1. The molecule has 6 nitrogen and oxygen atoms in total. The fraction of sp³-hybridized carbons (Fsp3) is 0.522. The molecule has 2 aliphatic carbocycles. The van der Waals surface area contributed by atoms with Gasteiger partial charge in [0.15, 0.2) is 11.9 Å². The summed E-state index contributed by atoms with van der Waals surface area (Å²) in [7, 11) is 0. The number of rotatable bonds is 8. The van der Waals surface area contributed by atoms with Crippen molar-refractivity contribution in [1.82, 2.24) is 5.32 Å². The summed E-state index contributed by atoms with van der Waals surface area (Å²) in [6.07, 6.45) is 10.2. The van der Waals surface area contributed by atoms with Gasteiger partial charge in [0.2, 0.25) is 5.91 Å². The number of ether oxygens (including phenoxy) is 1. The largest absolute Gasteiger partial charge is 0.483 e. The molecule has 0 spiro atoms. The van der Waals surface area contributed by atoms with E-state index in [1.165, 1.54) is 18.9 Å². The second-order valence-corrected chi connectivity index (χ2v) is 7.99. The van der Waals surface area contributed by atoms with Gasteiger partial charge in [-0.15, -0.1) is 0 Å². The second-order valence-electron chi connectivity index (χ2n) is 7.99. The van der Waals surface area contributed by atoms with Crippen LogP contribution in [0, 0.1) is 5.92 Å². The third kappa shape index (κ3) is 6.44. The van der Waals surface area contributed by atoms with Gasteiger partial charge >= 0.3 is 5.97 Å². The first-order chi connectivity index (χ1) is 14.0. The van der Waals surface area contributed by atoms with Gasteiger partial charge in [-0.05, 0) is 55.4 Å². The lowest BCUT2D eigenvalue weighted by atomic mass is 9.96. The van der Waals surface area contributed by atoms with Crippen LogP contribution in [0.1, 0.15) is 69.8 Å². The molecule has 0 radical (unpaired) electrons. The van der Waals surface area contributed by atoms with Crippen molar-refractivity contribution in [1.29, 1.82) is 0 Å². The summed E-state index contributed by atoms with van der Waals surface area (Å²) in [5, 5.41) is 11.9. The zero-order valence-corrected chi connectivity index (χ0v) is 16.7. The molecule has 1 atom stereocenters. The molecule has 0 bridgehead atoms. The van der Waals surface area contributed by atoms with Crippen LogP contribution in [0.4, 0.5) is 0 Å². The molecule has 0 saturated heterocycles. The van der Waals surface area contributed by atoms with Gasteiger partial charge in [-0.3, -0.25) is 9.59 Å². The Kier molecular flexibility index (Phi) is 7.44. The van der Waals surface area contributed by atoms with E-state index in [0.29, 0.717) is 30.1 Å². The molecule has 2 saturated carbocycles. The van der Waals surface area contributed by atoms with E-state index in [-0.39, 0.29) is 23.5 Å². The molecule has 1 unspecified atom stereocenters. The van der Waals surface area contributed by atoms with E-state index in [1.807, 2.05) is 0 Å². The molecule has 0 heterocycles. The Balaban J connectivity index is 1.57. The molecule has 0 aliphatic heterocycles. The third-order valence-corrected chi connectivity index (χ3v) is 5.73. The maximum atomic E-state index is 12.1. The van der Waals surface area contributed by atoms with Gasteiger partial charge in [-0.25, -0.2) is 4.79 Å². The summed E-state index contributed by atoms with van der Waals surface area (Å²) in [5.41, 5.74) is 0.498. The minimum absolute atomic E-state index is 0.133. The number of carbonyl (C=O) groups excluding carboxylic acids is 2. The molecule has 2 aliphatic rings. The van der Waals surface area contributed by atoms with Crippen LogP contribution in [0.15, 0.2) is 30.0 Å². The number of benzene rings is 1. The number of carboxylic acid groups (broad SMARTS) is 1. The molecule has 156 valence electrons. The van der Waals surface area contributed by atoms with E-state index in [0.717, 1.165) is 38.5 Å². The molecule has 1 aromatic carbocycles. The SMILES string of the molecule is O=C(CCC1CCCC1)N/C(=C/c1ccc(OC2CCCCC2=O)cc1)C(=O)O. The van der Waals surface area contributed by atoms with Crippen molar-refractivity contribution in [2.45, 2.75) is 70.3 Å². The maximum absolute atomic E-state index is 12.1. The van der Waals surface area contributed by atoms with Crippen molar-refractivity contribution >= 4 is 23.7 Å². The monoisotopic (exact) mass is 399 g/mol. The molecule has 29 heavy (non-hydrogen) atoms. The highest BCUT2D eigenvalue weighted by atomic mass is 16.5. The highest BCUT2D eigenvalue weighted by Crippen LogP contribution is 2.28. The van der Waals surface area contributed by atoms with Crippen LogP contribution in [0.25, 0.3) is 6.08 Å². The molecule has 3 rings (SSSR count). The first kappa shape index (κ1) is 21.1. The zero-order valence-electron chi connectivity index (χ0n) is 16.7. The summed E-state index contributed by atoms with van der Waals surface area (Å²) in [6, 6.07) is 6.87. The summed E-state index contributed by atoms with van der Waals surface area (Å²) in [4.78, 5) is 35.6. The molecular formula is C23H29NO5. The van der Waals surface area contributed by atoms with Gasteiger partial charge in [0.05, 0.1) is 0 Å². The summed E-state index contributed by atoms with van der Waals surface area (Å²) < 4.78 is 5.76. The summed E-state index contributed by atoms with van der Waals surface area (Å²) in [5.74, 6) is -0.135. The standard InChI is InChI=1S/C23H29NO5/c25-20-7-3-4-8-21(20)29-18-12-9-17(10-13-18)15-19(23(27)28)24-22(26)14-11-16-5-1-2-6-16/h9-10,12-13,15-16,21H,1-8,11,14H2,(H,24,26)(H,27,28)/b19-15+. The van der Waals surface area contributed by atoms with Gasteiger partial charge in [-0.2, -0.15) is 0 Å². The number of hydrogen-bond acceptors (Lipinski definition) is 4. The van der Waals surface area contributed by atoms with Gasteiger partial charge in [0.1, 0.15) is 11.4 Å². The van der Waals surface area contributed by atoms with Crippen LogP contribution in [0.3, 0.4) is 0 Å². The van der Waals surface area contributed by atoms with E-state index >= 15 is 0 Å². The van der Waals surface area contributed by atoms with Crippen molar-refractivity contribution in [3.63, 3.8) is 0 Å². The van der Waals surface area contributed by atoms with E-state index in [2.05, 4.69) is 5.32 Å². The predicted octanol–water partition coefficient (Wildman–Crippen LogP) is 4.09. The minimum Gasteiger partial charge on any atom is -0.483 e. The van der Waals surface area contributed by atoms with Crippen LogP contribution in [-0.4, -0.2) is 28.9 Å². The summed E-state index contributed by atoms with van der Waals surface area (Å²) in [6.45, 7) is 0. The average Bonchev–Trinajstić information content (AvgIpc) is 3.23. The van der Waals surface area contributed by atoms with Crippen molar-refractivity contribution in [2.24, 2.45) is 5.92 Å².